The molecule has 1 aromatic carbocycles. The quantitative estimate of drug-likeness (QED) is 0.841. The first kappa shape index (κ1) is 13.0. The van der Waals surface area contributed by atoms with Crippen molar-refractivity contribution in [2.45, 2.75) is 6.42 Å². The standard InChI is InChI=1S/C14H18N2OS/c1-16(8-3-9-18-2)14(17)12-5-4-11-6-7-15-13(11)10-12/h4-7,10,15H,3,8-9H2,1-2H3. The van der Waals surface area contributed by atoms with E-state index in [-0.39, 0.29) is 5.91 Å². The van der Waals surface area contributed by atoms with E-state index in [2.05, 4.69) is 11.2 Å². The number of carbonyl (C=O) groups excluding carboxylic acids is 1. The van der Waals surface area contributed by atoms with Crippen molar-refractivity contribution in [3.05, 3.63) is 36.0 Å². The van der Waals surface area contributed by atoms with Crippen LogP contribution in [0.5, 0.6) is 0 Å². The largest absolute Gasteiger partial charge is 0.361 e. The van der Waals surface area contributed by atoms with Crippen LogP contribution in [0.1, 0.15) is 16.8 Å². The number of aromatic nitrogens is 1. The van der Waals surface area contributed by atoms with Crippen molar-refractivity contribution in [3.8, 4) is 0 Å². The summed E-state index contributed by atoms with van der Waals surface area (Å²) in [5, 5.41) is 1.14. The number of amides is 1. The number of carbonyl (C=O) groups is 1. The van der Waals surface area contributed by atoms with Crippen LogP contribution in [0, 0.1) is 0 Å². The Morgan fingerprint density at radius 2 is 2.22 bits per heavy atom. The van der Waals surface area contributed by atoms with Gasteiger partial charge in [-0.2, -0.15) is 11.8 Å². The topological polar surface area (TPSA) is 36.1 Å². The molecule has 1 N–H and O–H groups in total. The molecule has 4 heteroatoms. The summed E-state index contributed by atoms with van der Waals surface area (Å²) in [7, 11) is 1.86. The highest BCUT2D eigenvalue weighted by atomic mass is 32.2. The first-order valence-corrected chi connectivity index (χ1v) is 7.43. The third kappa shape index (κ3) is 2.88. The Morgan fingerprint density at radius 1 is 1.39 bits per heavy atom. The third-order valence-corrected chi connectivity index (χ3v) is 3.69. The second-order valence-electron chi connectivity index (χ2n) is 4.35. The van der Waals surface area contributed by atoms with Crippen molar-refractivity contribution < 1.29 is 4.79 Å². The van der Waals surface area contributed by atoms with E-state index in [0.717, 1.165) is 35.2 Å². The van der Waals surface area contributed by atoms with Gasteiger partial charge in [-0.3, -0.25) is 4.79 Å². The predicted octanol–water partition coefficient (Wildman–Crippen LogP) is 2.99. The molecule has 0 atom stereocenters. The number of thioether (sulfide) groups is 1. The van der Waals surface area contributed by atoms with Crippen molar-refractivity contribution in [1.82, 2.24) is 9.88 Å². The number of fused-ring (bicyclic) bond motifs is 1. The summed E-state index contributed by atoms with van der Waals surface area (Å²) in [4.78, 5) is 17.1. The number of rotatable bonds is 5. The molecule has 0 saturated heterocycles. The molecule has 96 valence electrons. The van der Waals surface area contributed by atoms with Crippen molar-refractivity contribution in [3.63, 3.8) is 0 Å². The monoisotopic (exact) mass is 262 g/mol. The SMILES string of the molecule is CSCCCN(C)C(=O)c1ccc2cc[nH]c2c1. The lowest BCUT2D eigenvalue weighted by Crippen LogP contribution is -2.28. The van der Waals surface area contributed by atoms with Crippen molar-refractivity contribution >= 4 is 28.6 Å². The third-order valence-electron chi connectivity index (χ3n) is 2.99. The number of benzene rings is 1. The van der Waals surface area contributed by atoms with Crippen LogP contribution in [0.2, 0.25) is 0 Å². The highest BCUT2D eigenvalue weighted by Gasteiger charge is 2.11. The van der Waals surface area contributed by atoms with Gasteiger partial charge in [-0.15, -0.1) is 0 Å². The number of H-pyrrole nitrogens is 1. The van der Waals surface area contributed by atoms with E-state index in [4.69, 9.17) is 0 Å². The minimum atomic E-state index is 0.0904. The van der Waals surface area contributed by atoms with E-state index in [9.17, 15) is 4.79 Å². The van der Waals surface area contributed by atoms with Gasteiger partial charge in [0.2, 0.25) is 0 Å². The lowest BCUT2D eigenvalue weighted by atomic mass is 10.1. The fourth-order valence-corrected chi connectivity index (χ4v) is 2.37. The smallest absolute Gasteiger partial charge is 0.253 e. The van der Waals surface area contributed by atoms with Gasteiger partial charge in [0.05, 0.1) is 0 Å². The van der Waals surface area contributed by atoms with Gasteiger partial charge < -0.3 is 9.88 Å². The molecular weight excluding hydrogens is 244 g/mol. The van der Waals surface area contributed by atoms with Crippen molar-refractivity contribution in [2.24, 2.45) is 0 Å². The van der Waals surface area contributed by atoms with Crippen LogP contribution in [0.4, 0.5) is 0 Å². The van der Waals surface area contributed by atoms with Gasteiger partial charge in [-0.25, -0.2) is 0 Å². The van der Waals surface area contributed by atoms with Crippen molar-refractivity contribution in [2.75, 3.05) is 25.6 Å². The molecule has 0 fully saturated rings. The Labute approximate surface area is 112 Å². The lowest BCUT2D eigenvalue weighted by molar-refractivity contribution is 0.0795. The van der Waals surface area contributed by atoms with Gasteiger partial charge in [-0.1, -0.05) is 6.07 Å². The number of nitrogens with one attached hydrogen (secondary N) is 1. The van der Waals surface area contributed by atoms with Crippen LogP contribution in [0.25, 0.3) is 10.9 Å². The summed E-state index contributed by atoms with van der Waals surface area (Å²) < 4.78 is 0. The van der Waals surface area contributed by atoms with Gasteiger partial charge in [0.25, 0.3) is 5.91 Å². The Hall–Kier alpha value is -1.42. The number of hydrogen-bond donors (Lipinski definition) is 1. The molecule has 18 heavy (non-hydrogen) atoms. The number of nitrogens with zero attached hydrogens (tertiary/aromatic N) is 1. The van der Waals surface area contributed by atoms with E-state index in [1.165, 1.54) is 0 Å². The molecular formula is C14H18N2OS. The first-order valence-electron chi connectivity index (χ1n) is 6.04. The Bertz CT molecular complexity index is 535. The zero-order chi connectivity index (χ0) is 13.0. The summed E-state index contributed by atoms with van der Waals surface area (Å²) in [6.07, 6.45) is 5.01. The minimum Gasteiger partial charge on any atom is -0.361 e. The first-order chi connectivity index (χ1) is 8.72. The van der Waals surface area contributed by atoms with Crippen LogP contribution in [0.3, 0.4) is 0 Å². The average molecular weight is 262 g/mol. The molecule has 1 heterocycles. The second kappa shape index (κ2) is 5.96. The Kier molecular flexibility index (Phi) is 4.31. The summed E-state index contributed by atoms with van der Waals surface area (Å²) in [6.45, 7) is 0.808. The maximum atomic E-state index is 12.2. The molecule has 2 aromatic rings. The molecule has 2 rings (SSSR count). The molecule has 0 aliphatic carbocycles. The summed E-state index contributed by atoms with van der Waals surface area (Å²) in [6, 6.07) is 7.80. The molecule has 0 radical (unpaired) electrons. The minimum absolute atomic E-state index is 0.0904. The fourth-order valence-electron chi connectivity index (χ4n) is 1.95. The molecule has 1 aromatic heterocycles. The van der Waals surface area contributed by atoms with Gasteiger partial charge >= 0.3 is 0 Å². The molecule has 0 aliphatic rings. The highest BCUT2D eigenvalue weighted by Crippen LogP contribution is 2.15. The summed E-state index contributed by atoms with van der Waals surface area (Å²) in [5.74, 6) is 1.18. The van der Waals surface area contributed by atoms with Gasteiger partial charge in [-0.05, 0) is 42.0 Å². The molecule has 0 unspecified atom stereocenters. The molecule has 0 saturated carbocycles. The van der Waals surface area contributed by atoms with E-state index in [1.54, 1.807) is 4.90 Å². The molecule has 0 aliphatic heterocycles. The molecule has 0 spiro atoms. The predicted molar refractivity (Wildman–Crippen MR) is 78.3 cm³/mol. The Morgan fingerprint density at radius 3 is 3.00 bits per heavy atom. The Balaban J connectivity index is 2.07. The fraction of sp³-hybridized carbons (Fsp3) is 0.357. The normalized spacial score (nSPS) is 10.8. The lowest BCUT2D eigenvalue weighted by Gasteiger charge is -2.16. The van der Waals surface area contributed by atoms with Crippen LogP contribution in [-0.2, 0) is 0 Å². The molecule has 0 bridgehead atoms. The average Bonchev–Trinajstić information content (AvgIpc) is 2.85. The second-order valence-corrected chi connectivity index (χ2v) is 5.34. The maximum absolute atomic E-state index is 12.2. The molecule has 1 amide bonds. The summed E-state index contributed by atoms with van der Waals surface area (Å²) in [5.41, 5.74) is 1.76. The van der Waals surface area contributed by atoms with E-state index < -0.39 is 0 Å². The van der Waals surface area contributed by atoms with Gasteiger partial charge in [0, 0.05) is 30.9 Å². The van der Waals surface area contributed by atoms with Crippen LogP contribution >= 0.6 is 11.8 Å². The van der Waals surface area contributed by atoms with E-state index in [1.807, 2.05) is 49.3 Å². The molecule has 3 nitrogen and oxygen atoms in total. The number of aromatic amines is 1. The zero-order valence-electron chi connectivity index (χ0n) is 10.8. The number of hydrogen-bond acceptors (Lipinski definition) is 2. The van der Waals surface area contributed by atoms with Crippen LogP contribution in [0.15, 0.2) is 30.5 Å². The highest BCUT2D eigenvalue weighted by molar-refractivity contribution is 7.98. The zero-order valence-corrected chi connectivity index (χ0v) is 11.6. The van der Waals surface area contributed by atoms with E-state index in [0.29, 0.717) is 0 Å². The van der Waals surface area contributed by atoms with Crippen molar-refractivity contribution in [1.29, 1.82) is 0 Å². The van der Waals surface area contributed by atoms with Gasteiger partial charge in [0.15, 0.2) is 0 Å². The summed E-state index contributed by atoms with van der Waals surface area (Å²) >= 11 is 1.81. The maximum Gasteiger partial charge on any atom is 0.253 e. The van der Waals surface area contributed by atoms with Crippen LogP contribution in [-0.4, -0.2) is 41.4 Å². The van der Waals surface area contributed by atoms with Gasteiger partial charge in [0.1, 0.15) is 0 Å². The van der Waals surface area contributed by atoms with Crippen LogP contribution < -0.4 is 0 Å². The van der Waals surface area contributed by atoms with E-state index >= 15 is 0 Å².